The van der Waals surface area contributed by atoms with Crippen molar-refractivity contribution in [3.8, 4) is 11.5 Å². The number of hydrogen-bond acceptors (Lipinski definition) is 3. The average Bonchev–Trinajstić information content (AvgIpc) is 2.58. The molecule has 0 aromatic heterocycles. The predicted octanol–water partition coefficient (Wildman–Crippen LogP) is 4.27. The summed E-state index contributed by atoms with van der Waals surface area (Å²) in [5, 5.41) is 12.3. The molecule has 112 valence electrons. The maximum atomic E-state index is 10.2. The van der Waals surface area contributed by atoms with Crippen LogP contribution < -0.4 is 4.74 Å². The first kappa shape index (κ1) is 14.2. The van der Waals surface area contributed by atoms with Crippen LogP contribution >= 0.6 is 0 Å². The van der Waals surface area contributed by atoms with Crippen LogP contribution in [0, 0.1) is 0 Å². The lowest BCUT2D eigenvalue weighted by molar-refractivity contribution is -0.0847. The number of hydrogen-bond donors (Lipinski definition) is 1. The number of benzene rings is 2. The fourth-order valence-electron chi connectivity index (χ4n) is 3.15. The van der Waals surface area contributed by atoms with Crippen LogP contribution in [0.2, 0.25) is 0 Å². The summed E-state index contributed by atoms with van der Waals surface area (Å²) in [6.07, 6.45) is 0.714. The molecule has 0 aliphatic carbocycles. The van der Waals surface area contributed by atoms with Gasteiger partial charge in [-0.3, -0.25) is 0 Å². The molecule has 0 spiro atoms. The standard InChI is InChI=1S/C18H22O3/c1-17(2)11-16(18(3,4)21-17)20-15-10-13-8-6-5-7-12(13)9-14(15)19/h5-10,16,19H,11H2,1-4H3. The Balaban J connectivity index is 1.93. The minimum atomic E-state index is -0.373. The summed E-state index contributed by atoms with van der Waals surface area (Å²) in [6.45, 7) is 8.20. The molecule has 2 aromatic rings. The summed E-state index contributed by atoms with van der Waals surface area (Å²) >= 11 is 0. The van der Waals surface area contributed by atoms with Gasteiger partial charge in [0.2, 0.25) is 0 Å². The molecule has 1 heterocycles. The Morgan fingerprint density at radius 3 is 2.29 bits per heavy atom. The highest BCUT2D eigenvalue weighted by molar-refractivity contribution is 5.85. The van der Waals surface area contributed by atoms with E-state index in [2.05, 4.69) is 13.8 Å². The highest BCUT2D eigenvalue weighted by atomic mass is 16.6. The molecule has 3 heteroatoms. The van der Waals surface area contributed by atoms with Gasteiger partial charge >= 0.3 is 0 Å². The van der Waals surface area contributed by atoms with Gasteiger partial charge in [-0.1, -0.05) is 24.3 Å². The highest BCUT2D eigenvalue weighted by Gasteiger charge is 2.47. The minimum Gasteiger partial charge on any atom is -0.504 e. The summed E-state index contributed by atoms with van der Waals surface area (Å²) in [4.78, 5) is 0. The van der Waals surface area contributed by atoms with Gasteiger partial charge in [-0.15, -0.1) is 0 Å². The van der Waals surface area contributed by atoms with Crippen LogP contribution in [0.1, 0.15) is 34.1 Å². The van der Waals surface area contributed by atoms with Crippen molar-refractivity contribution in [3.63, 3.8) is 0 Å². The van der Waals surface area contributed by atoms with E-state index in [4.69, 9.17) is 9.47 Å². The van der Waals surface area contributed by atoms with E-state index >= 15 is 0 Å². The van der Waals surface area contributed by atoms with Crippen LogP contribution in [-0.2, 0) is 4.74 Å². The molecule has 1 atom stereocenters. The fraction of sp³-hybridized carbons (Fsp3) is 0.444. The zero-order valence-corrected chi connectivity index (χ0v) is 13.0. The van der Waals surface area contributed by atoms with Gasteiger partial charge < -0.3 is 14.6 Å². The van der Waals surface area contributed by atoms with Crippen LogP contribution in [0.25, 0.3) is 10.8 Å². The normalized spacial score (nSPS) is 23.3. The third kappa shape index (κ3) is 2.70. The van der Waals surface area contributed by atoms with Gasteiger partial charge in [0.05, 0.1) is 5.60 Å². The summed E-state index contributed by atoms with van der Waals surface area (Å²) in [5.74, 6) is 0.697. The molecule has 1 unspecified atom stereocenters. The lowest BCUT2D eigenvalue weighted by Crippen LogP contribution is -2.36. The molecule has 1 aliphatic rings. The van der Waals surface area contributed by atoms with E-state index < -0.39 is 0 Å². The molecule has 0 amide bonds. The number of rotatable bonds is 2. The Morgan fingerprint density at radius 1 is 1.10 bits per heavy atom. The molecule has 0 saturated carbocycles. The van der Waals surface area contributed by atoms with E-state index in [1.54, 1.807) is 6.07 Å². The number of aromatic hydroxyl groups is 1. The van der Waals surface area contributed by atoms with Gasteiger partial charge in [0.15, 0.2) is 11.5 Å². The molecule has 0 bridgehead atoms. The van der Waals surface area contributed by atoms with Crippen molar-refractivity contribution in [2.75, 3.05) is 0 Å². The average molecular weight is 286 g/mol. The van der Waals surface area contributed by atoms with Crippen LogP contribution in [0.5, 0.6) is 11.5 Å². The van der Waals surface area contributed by atoms with Gasteiger partial charge in [0, 0.05) is 6.42 Å². The Bertz CT molecular complexity index is 673. The Labute approximate surface area is 125 Å². The molecule has 1 fully saturated rings. The number of ether oxygens (including phenoxy) is 2. The molecule has 1 N–H and O–H groups in total. The second-order valence-electron chi connectivity index (χ2n) is 6.94. The molecule has 3 rings (SSSR count). The van der Waals surface area contributed by atoms with Crippen molar-refractivity contribution in [2.24, 2.45) is 0 Å². The van der Waals surface area contributed by atoms with E-state index in [-0.39, 0.29) is 23.1 Å². The predicted molar refractivity (Wildman–Crippen MR) is 83.9 cm³/mol. The van der Waals surface area contributed by atoms with Crippen molar-refractivity contribution >= 4 is 10.8 Å². The van der Waals surface area contributed by atoms with Crippen molar-refractivity contribution in [1.29, 1.82) is 0 Å². The molecule has 21 heavy (non-hydrogen) atoms. The van der Waals surface area contributed by atoms with E-state index in [9.17, 15) is 5.11 Å². The SMILES string of the molecule is CC1(C)CC(Oc2cc3ccccc3cc2O)C(C)(C)O1. The topological polar surface area (TPSA) is 38.7 Å². The van der Waals surface area contributed by atoms with Crippen LogP contribution in [-0.4, -0.2) is 22.4 Å². The maximum absolute atomic E-state index is 10.2. The molecular weight excluding hydrogens is 264 g/mol. The Hall–Kier alpha value is -1.74. The molecule has 0 radical (unpaired) electrons. The number of phenolic OH excluding ortho intramolecular Hbond substituents is 1. The van der Waals surface area contributed by atoms with Gasteiger partial charge in [0.25, 0.3) is 0 Å². The molecule has 1 saturated heterocycles. The molecule has 3 nitrogen and oxygen atoms in total. The smallest absolute Gasteiger partial charge is 0.162 e. The summed E-state index contributed by atoms with van der Waals surface area (Å²) < 4.78 is 12.1. The monoisotopic (exact) mass is 286 g/mol. The van der Waals surface area contributed by atoms with Crippen molar-refractivity contribution in [1.82, 2.24) is 0 Å². The first-order chi connectivity index (χ1) is 9.77. The van der Waals surface area contributed by atoms with Crippen LogP contribution in [0.3, 0.4) is 0 Å². The van der Waals surface area contributed by atoms with Gasteiger partial charge in [0.1, 0.15) is 11.7 Å². The third-order valence-electron chi connectivity index (χ3n) is 4.09. The summed E-state index contributed by atoms with van der Waals surface area (Å²) in [7, 11) is 0. The van der Waals surface area contributed by atoms with Gasteiger partial charge in [-0.25, -0.2) is 0 Å². The quantitative estimate of drug-likeness (QED) is 0.896. The molecular formula is C18H22O3. The maximum Gasteiger partial charge on any atom is 0.162 e. The van der Waals surface area contributed by atoms with Crippen molar-refractivity contribution in [3.05, 3.63) is 36.4 Å². The minimum absolute atomic E-state index is 0.0837. The van der Waals surface area contributed by atoms with Crippen molar-refractivity contribution in [2.45, 2.75) is 51.4 Å². The number of fused-ring (bicyclic) bond motifs is 1. The zero-order chi connectivity index (χ0) is 15.3. The van der Waals surface area contributed by atoms with Crippen LogP contribution in [0.15, 0.2) is 36.4 Å². The Kier molecular flexibility index (Phi) is 3.14. The van der Waals surface area contributed by atoms with E-state index in [0.29, 0.717) is 5.75 Å². The largest absolute Gasteiger partial charge is 0.504 e. The second-order valence-corrected chi connectivity index (χ2v) is 6.94. The van der Waals surface area contributed by atoms with E-state index in [1.165, 1.54) is 0 Å². The first-order valence-electron chi connectivity index (χ1n) is 7.35. The second kappa shape index (κ2) is 4.63. The highest BCUT2D eigenvalue weighted by Crippen LogP contribution is 2.41. The van der Waals surface area contributed by atoms with E-state index in [0.717, 1.165) is 17.2 Å². The summed E-state index contributed by atoms with van der Waals surface area (Å²) in [6, 6.07) is 11.6. The van der Waals surface area contributed by atoms with Crippen molar-refractivity contribution < 1.29 is 14.6 Å². The Morgan fingerprint density at radius 2 is 1.71 bits per heavy atom. The fourth-order valence-corrected chi connectivity index (χ4v) is 3.15. The van der Waals surface area contributed by atoms with Crippen LogP contribution in [0.4, 0.5) is 0 Å². The number of phenols is 1. The van der Waals surface area contributed by atoms with E-state index in [1.807, 2.05) is 44.2 Å². The summed E-state index contributed by atoms with van der Waals surface area (Å²) in [5.41, 5.74) is -0.581. The van der Waals surface area contributed by atoms with Gasteiger partial charge in [-0.2, -0.15) is 0 Å². The molecule has 1 aliphatic heterocycles. The zero-order valence-electron chi connectivity index (χ0n) is 13.0. The third-order valence-corrected chi connectivity index (χ3v) is 4.09. The lowest BCUT2D eigenvalue weighted by Gasteiger charge is -2.27. The lowest BCUT2D eigenvalue weighted by atomic mass is 9.97. The van der Waals surface area contributed by atoms with Gasteiger partial charge in [-0.05, 0) is 50.6 Å². The molecule has 2 aromatic carbocycles. The first-order valence-corrected chi connectivity index (χ1v) is 7.35.